The van der Waals surface area contributed by atoms with E-state index >= 15 is 0 Å². The monoisotopic (exact) mass is 391 g/mol. The lowest BCUT2D eigenvalue weighted by atomic mass is 10.2. The quantitative estimate of drug-likeness (QED) is 0.590. The van der Waals surface area contributed by atoms with Crippen molar-refractivity contribution in [1.29, 1.82) is 0 Å². The summed E-state index contributed by atoms with van der Waals surface area (Å²) in [6, 6.07) is 7.41. The molecule has 2 aromatic heterocycles. The Bertz CT molecular complexity index is 896. The van der Waals surface area contributed by atoms with E-state index in [0.717, 1.165) is 6.07 Å². The number of benzene rings is 1. The molecule has 0 spiro atoms. The average molecular weight is 391 g/mol. The summed E-state index contributed by atoms with van der Waals surface area (Å²) in [6.07, 6.45) is 3.38. The van der Waals surface area contributed by atoms with Gasteiger partial charge in [-0.1, -0.05) is 12.1 Å². The largest absolute Gasteiger partial charge is 0.383 e. The third-order valence-electron chi connectivity index (χ3n) is 4.06. The number of carbonyl (C=O) groups is 1. The van der Waals surface area contributed by atoms with Crippen molar-refractivity contribution in [2.45, 2.75) is 13.1 Å². The third-order valence-corrected chi connectivity index (χ3v) is 4.91. The number of amides is 1. The zero-order valence-corrected chi connectivity index (χ0v) is 15.6. The van der Waals surface area contributed by atoms with Crippen LogP contribution < -0.4 is 0 Å². The van der Waals surface area contributed by atoms with Gasteiger partial charge in [-0.25, -0.2) is 13.8 Å². The molecule has 0 aliphatic carbocycles. The van der Waals surface area contributed by atoms with E-state index in [2.05, 4.69) is 4.98 Å². The van der Waals surface area contributed by atoms with E-state index in [-0.39, 0.29) is 12.5 Å². The molecule has 2 heterocycles. The van der Waals surface area contributed by atoms with Gasteiger partial charge in [0.2, 0.25) is 0 Å². The molecule has 0 atom stereocenters. The number of hydrogen-bond acceptors (Lipinski definition) is 4. The lowest BCUT2D eigenvalue weighted by Gasteiger charge is -2.22. The molecule has 1 aromatic carbocycles. The molecule has 1 amide bonds. The summed E-state index contributed by atoms with van der Waals surface area (Å²) >= 11 is 1.38. The van der Waals surface area contributed by atoms with E-state index in [9.17, 15) is 13.6 Å². The number of nitrogens with zero attached hydrogens (tertiary/aromatic N) is 3. The molecule has 0 aliphatic rings. The van der Waals surface area contributed by atoms with Gasteiger partial charge in [-0.2, -0.15) is 0 Å². The maximum Gasteiger partial charge on any atom is 0.264 e. The fourth-order valence-electron chi connectivity index (χ4n) is 2.65. The fraction of sp³-hybridized carbons (Fsp3) is 0.263. The number of hydrogen-bond donors (Lipinski definition) is 0. The first-order chi connectivity index (χ1) is 13.1. The molecule has 27 heavy (non-hydrogen) atoms. The number of thiophene rings is 1. The molecular formula is C19H19F2N3O2S. The van der Waals surface area contributed by atoms with Crippen LogP contribution in [0.2, 0.25) is 0 Å². The second-order valence-corrected chi connectivity index (χ2v) is 6.86. The first kappa shape index (κ1) is 19.2. The van der Waals surface area contributed by atoms with Crippen molar-refractivity contribution in [2.24, 2.45) is 0 Å². The SMILES string of the molecule is COCCN(Cc1nccn1Cc1ccc(F)c(F)c1)C(=O)c1cccs1. The van der Waals surface area contributed by atoms with Crippen molar-refractivity contribution in [3.8, 4) is 0 Å². The maximum atomic E-state index is 13.5. The first-order valence-electron chi connectivity index (χ1n) is 8.34. The Morgan fingerprint density at radius 3 is 2.85 bits per heavy atom. The number of carbonyl (C=O) groups excluding carboxylic acids is 1. The molecule has 8 heteroatoms. The van der Waals surface area contributed by atoms with Crippen LogP contribution in [-0.4, -0.2) is 40.6 Å². The minimum atomic E-state index is -0.885. The highest BCUT2D eigenvalue weighted by Crippen LogP contribution is 2.16. The van der Waals surface area contributed by atoms with Crippen LogP contribution in [0.3, 0.4) is 0 Å². The van der Waals surface area contributed by atoms with E-state index in [4.69, 9.17) is 4.74 Å². The predicted molar refractivity (Wildman–Crippen MR) is 98.6 cm³/mol. The zero-order valence-electron chi connectivity index (χ0n) is 14.8. The van der Waals surface area contributed by atoms with Gasteiger partial charge in [0.25, 0.3) is 5.91 Å². The first-order valence-corrected chi connectivity index (χ1v) is 9.22. The van der Waals surface area contributed by atoms with E-state index in [1.165, 1.54) is 23.5 Å². The van der Waals surface area contributed by atoms with Gasteiger partial charge in [0, 0.05) is 32.6 Å². The second-order valence-electron chi connectivity index (χ2n) is 5.92. The molecule has 3 aromatic rings. The van der Waals surface area contributed by atoms with Crippen LogP contribution in [0.5, 0.6) is 0 Å². The van der Waals surface area contributed by atoms with Crippen molar-refractivity contribution in [2.75, 3.05) is 20.3 Å². The van der Waals surface area contributed by atoms with Crippen LogP contribution >= 0.6 is 11.3 Å². The molecular weight excluding hydrogens is 372 g/mol. The third kappa shape index (κ3) is 4.78. The highest BCUT2D eigenvalue weighted by atomic mass is 32.1. The number of ether oxygens (including phenoxy) is 1. The number of imidazole rings is 1. The van der Waals surface area contributed by atoms with Gasteiger partial charge in [-0.05, 0) is 29.1 Å². The standard InChI is InChI=1S/C19H19F2N3O2S/c1-26-9-8-24(19(25)17-3-2-10-27-17)13-18-22-6-7-23(18)12-14-4-5-15(20)16(21)11-14/h2-7,10-11H,8-9,12-13H2,1H3. The molecule has 0 bridgehead atoms. The maximum absolute atomic E-state index is 13.5. The van der Waals surface area contributed by atoms with Crippen LogP contribution in [-0.2, 0) is 17.8 Å². The number of halogens is 2. The van der Waals surface area contributed by atoms with Crippen LogP contribution in [0.1, 0.15) is 21.1 Å². The smallest absolute Gasteiger partial charge is 0.264 e. The Morgan fingerprint density at radius 1 is 1.30 bits per heavy atom. The normalized spacial score (nSPS) is 10.9. The molecule has 0 radical (unpaired) electrons. The summed E-state index contributed by atoms with van der Waals surface area (Å²) < 4.78 is 33.5. The minimum absolute atomic E-state index is 0.0931. The summed E-state index contributed by atoms with van der Waals surface area (Å²) in [5, 5.41) is 1.85. The van der Waals surface area contributed by atoms with Crippen molar-refractivity contribution < 1.29 is 18.3 Å². The Hall–Kier alpha value is -2.58. The topological polar surface area (TPSA) is 47.4 Å². The van der Waals surface area contributed by atoms with Crippen molar-refractivity contribution in [1.82, 2.24) is 14.5 Å². The second kappa shape index (κ2) is 8.88. The Morgan fingerprint density at radius 2 is 2.15 bits per heavy atom. The van der Waals surface area contributed by atoms with Gasteiger partial charge in [-0.3, -0.25) is 4.79 Å². The molecule has 0 saturated heterocycles. The Labute approximate surface area is 159 Å². The molecule has 0 saturated carbocycles. The van der Waals surface area contributed by atoms with Gasteiger partial charge in [0.15, 0.2) is 11.6 Å². The summed E-state index contributed by atoms with van der Waals surface area (Å²) in [5.41, 5.74) is 0.612. The van der Waals surface area contributed by atoms with Crippen molar-refractivity contribution in [3.63, 3.8) is 0 Å². The van der Waals surface area contributed by atoms with Gasteiger partial charge in [0.1, 0.15) is 5.82 Å². The van der Waals surface area contributed by atoms with Crippen molar-refractivity contribution in [3.05, 3.63) is 76.0 Å². The summed E-state index contributed by atoms with van der Waals surface area (Å²) in [7, 11) is 1.58. The lowest BCUT2D eigenvalue weighted by Crippen LogP contribution is -2.34. The predicted octanol–water partition coefficient (Wildman–Crippen LogP) is 3.56. The highest BCUT2D eigenvalue weighted by Gasteiger charge is 2.19. The lowest BCUT2D eigenvalue weighted by molar-refractivity contribution is 0.0678. The molecule has 0 aliphatic heterocycles. The van der Waals surface area contributed by atoms with E-state index in [0.29, 0.717) is 36.0 Å². The molecule has 0 unspecified atom stereocenters. The number of aromatic nitrogens is 2. The van der Waals surface area contributed by atoms with E-state index < -0.39 is 11.6 Å². The number of rotatable bonds is 8. The molecule has 142 valence electrons. The Balaban J connectivity index is 1.77. The minimum Gasteiger partial charge on any atom is -0.383 e. The van der Waals surface area contributed by atoms with Crippen molar-refractivity contribution >= 4 is 17.2 Å². The van der Waals surface area contributed by atoms with Gasteiger partial charge < -0.3 is 14.2 Å². The highest BCUT2D eigenvalue weighted by molar-refractivity contribution is 7.12. The number of methoxy groups -OCH3 is 1. The van der Waals surface area contributed by atoms with Gasteiger partial charge in [0.05, 0.1) is 18.0 Å². The van der Waals surface area contributed by atoms with E-state index in [1.807, 2.05) is 16.0 Å². The molecule has 3 rings (SSSR count). The Kier molecular flexibility index (Phi) is 6.31. The van der Waals surface area contributed by atoms with Crippen LogP contribution in [0.15, 0.2) is 48.1 Å². The summed E-state index contributed by atoms with van der Waals surface area (Å²) in [4.78, 5) is 19.4. The van der Waals surface area contributed by atoms with E-state index in [1.54, 1.807) is 30.5 Å². The van der Waals surface area contributed by atoms with Gasteiger partial charge in [-0.15, -0.1) is 11.3 Å². The zero-order chi connectivity index (χ0) is 19.2. The molecule has 5 nitrogen and oxygen atoms in total. The summed E-state index contributed by atoms with van der Waals surface area (Å²) in [5.74, 6) is -1.20. The molecule has 0 N–H and O–H groups in total. The molecule has 0 fully saturated rings. The van der Waals surface area contributed by atoms with Crippen LogP contribution in [0.25, 0.3) is 0 Å². The van der Waals surface area contributed by atoms with Gasteiger partial charge >= 0.3 is 0 Å². The van der Waals surface area contributed by atoms with Crippen LogP contribution in [0.4, 0.5) is 8.78 Å². The fourth-order valence-corrected chi connectivity index (χ4v) is 3.34. The van der Waals surface area contributed by atoms with Crippen LogP contribution in [0, 0.1) is 11.6 Å². The summed E-state index contributed by atoms with van der Waals surface area (Å²) in [6.45, 7) is 1.45. The average Bonchev–Trinajstić information content (AvgIpc) is 3.33.